The normalized spacial score (nSPS) is 15.6. The summed E-state index contributed by atoms with van der Waals surface area (Å²) >= 11 is 0. The molecule has 1 atom stereocenters. The lowest BCUT2D eigenvalue weighted by atomic mass is 9.97. The van der Waals surface area contributed by atoms with Gasteiger partial charge in [-0.3, -0.25) is 4.98 Å². The van der Waals surface area contributed by atoms with E-state index < -0.39 is 0 Å². The van der Waals surface area contributed by atoms with E-state index in [1.165, 1.54) is 36.0 Å². The van der Waals surface area contributed by atoms with Gasteiger partial charge in [0.05, 0.1) is 6.04 Å². The molecule has 1 aromatic carbocycles. The van der Waals surface area contributed by atoms with Crippen molar-refractivity contribution < 1.29 is 0 Å². The number of nitrogens with two attached hydrogens (primary N) is 1. The fourth-order valence-corrected chi connectivity index (χ4v) is 2.55. The van der Waals surface area contributed by atoms with Gasteiger partial charge in [0.2, 0.25) is 0 Å². The van der Waals surface area contributed by atoms with Crippen LogP contribution in [0.3, 0.4) is 0 Å². The van der Waals surface area contributed by atoms with Crippen LogP contribution in [0.4, 0.5) is 0 Å². The molecule has 0 bridgehead atoms. The van der Waals surface area contributed by atoms with Gasteiger partial charge in [0.25, 0.3) is 0 Å². The van der Waals surface area contributed by atoms with Crippen LogP contribution in [0.1, 0.15) is 34.7 Å². The number of aromatic nitrogens is 1. The minimum Gasteiger partial charge on any atom is -0.320 e. The summed E-state index contributed by atoms with van der Waals surface area (Å²) in [6.07, 6.45) is 7.29. The molecule has 2 nitrogen and oxygen atoms in total. The highest BCUT2D eigenvalue weighted by molar-refractivity contribution is 5.39. The van der Waals surface area contributed by atoms with Crippen molar-refractivity contribution in [3.63, 3.8) is 0 Å². The van der Waals surface area contributed by atoms with Crippen molar-refractivity contribution in [1.82, 2.24) is 4.98 Å². The average Bonchev–Trinajstić information content (AvgIpc) is 2.86. The van der Waals surface area contributed by atoms with Gasteiger partial charge in [0.15, 0.2) is 0 Å². The molecule has 2 aromatic rings. The predicted molar refractivity (Wildman–Crippen MR) is 68.7 cm³/mol. The zero-order valence-electron chi connectivity index (χ0n) is 9.76. The van der Waals surface area contributed by atoms with Gasteiger partial charge in [-0.05, 0) is 53.6 Å². The Balaban J connectivity index is 1.94. The monoisotopic (exact) mass is 224 g/mol. The summed E-state index contributed by atoms with van der Waals surface area (Å²) in [6.45, 7) is 0. The second-order valence-electron chi connectivity index (χ2n) is 4.64. The largest absolute Gasteiger partial charge is 0.320 e. The molecule has 0 fully saturated rings. The first-order valence-corrected chi connectivity index (χ1v) is 6.12. The van der Waals surface area contributed by atoms with Crippen molar-refractivity contribution in [1.29, 1.82) is 0 Å². The fourth-order valence-electron chi connectivity index (χ4n) is 2.55. The molecular formula is C15H16N2. The molecule has 1 aromatic heterocycles. The molecule has 1 unspecified atom stereocenters. The number of benzene rings is 1. The van der Waals surface area contributed by atoms with Crippen LogP contribution in [0.25, 0.3) is 0 Å². The SMILES string of the molecule is NC(c1ccncc1)c1ccc2c(c1)CCC2. The Morgan fingerprint density at radius 2 is 1.71 bits per heavy atom. The number of hydrogen-bond donors (Lipinski definition) is 1. The van der Waals surface area contributed by atoms with Crippen molar-refractivity contribution in [2.24, 2.45) is 5.73 Å². The Bertz CT molecular complexity index is 520. The van der Waals surface area contributed by atoms with Gasteiger partial charge < -0.3 is 5.73 Å². The molecule has 86 valence electrons. The summed E-state index contributed by atoms with van der Waals surface area (Å²) < 4.78 is 0. The lowest BCUT2D eigenvalue weighted by molar-refractivity contribution is 0.864. The van der Waals surface area contributed by atoms with Crippen LogP contribution < -0.4 is 5.73 Å². The van der Waals surface area contributed by atoms with Gasteiger partial charge in [-0.25, -0.2) is 0 Å². The Morgan fingerprint density at radius 1 is 0.941 bits per heavy atom. The standard InChI is InChI=1S/C15H16N2/c16-15(12-6-8-17-9-7-12)14-5-4-11-2-1-3-13(11)10-14/h4-10,15H,1-3,16H2. The maximum atomic E-state index is 6.28. The van der Waals surface area contributed by atoms with Crippen molar-refractivity contribution in [2.45, 2.75) is 25.3 Å². The van der Waals surface area contributed by atoms with Crippen molar-refractivity contribution >= 4 is 0 Å². The zero-order chi connectivity index (χ0) is 11.7. The van der Waals surface area contributed by atoms with E-state index in [1.807, 2.05) is 12.1 Å². The molecule has 0 radical (unpaired) electrons. The van der Waals surface area contributed by atoms with Gasteiger partial charge in [-0.1, -0.05) is 18.2 Å². The Labute approximate surface area is 102 Å². The van der Waals surface area contributed by atoms with Crippen LogP contribution in [0.5, 0.6) is 0 Å². The van der Waals surface area contributed by atoms with E-state index in [0.717, 1.165) is 5.56 Å². The van der Waals surface area contributed by atoms with Gasteiger partial charge >= 0.3 is 0 Å². The maximum Gasteiger partial charge on any atom is 0.0552 e. The molecule has 1 aliphatic carbocycles. The molecule has 1 heterocycles. The summed E-state index contributed by atoms with van der Waals surface area (Å²) in [7, 11) is 0. The van der Waals surface area contributed by atoms with Gasteiger partial charge in [0, 0.05) is 12.4 Å². The molecule has 0 amide bonds. The number of hydrogen-bond acceptors (Lipinski definition) is 2. The van der Waals surface area contributed by atoms with E-state index in [1.54, 1.807) is 12.4 Å². The van der Waals surface area contributed by atoms with E-state index in [0.29, 0.717) is 0 Å². The fraction of sp³-hybridized carbons (Fsp3) is 0.267. The number of pyridine rings is 1. The third kappa shape index (κ3) is 1.96. The predicted octanol–water partition coefficient (Wildman–Crippen LogP) is 2.62. The summed E-state index contributed by atoms with van der Waals surface area (Å²) in [5, 5.41) is 0. The van der Waals surface area contributed by atoms with Crippen LogP contribution in [-0.2, 0) is 12.8 Å². The summed E-state index contributed by atoms with van der Waals surface area (Å²) in [6, 6.07) is 10.6. The molecule has 2 N–H and O–H groups in total. The molecule has 0 spiro atoms. The topological polar surface area (TPSA) is 38.9 Å². The van der Waals surface area contributed by atoms with E-state index in [-0.39, 0.29) is 6.04 Å². The molecule has 0 saturated carbocycles. The van der Waals surface area contributed by atoms with Crippen LogP contribution in [0.2, 0.25) is 0 Å². The third-order valence-electron chi connectivity index (χ3n) is 3.55. The lowest BCUT2D eigenvalue weighted by Gasteiger charge is -2.13. The lowest BCUT2D eigenvalue weighted by Crippen LogP contribution is -2.12. The molecule has 3 rings (SSSR count). The molecule has 1 aliphatic rings. The number of nitrogens with zero attached hydrogens (tertiary/aromatic N) is 1. The summed E-state index contributed by atoms with van der Waals surface area (Å²) in [4.78, 5) is 4.02. The molecule has 0 aliphatic heterocycles. The van der Waals surface area contributed by atoms with Gasteiger partial charge in [-0.2, -0.15) is 0 Å². The molecular weight excluding hydrogens is 208 g/mol. The van der Waals surface area contributed by atoms with E-state index in [9.17, 15) is 0 Å². The number of rotatable bonds is 2. The van der Waals surface area contributed by atoms with Gasteiger partial charge in [0.1, 0.15) is 0 Å². The first-order chi connectivity index (χ1) is 8.34. The van der Waals surface area contributed by atoms with E-state index in [4.69, 9.17) is 5.73 Å². The minimum absolute atomic E-state index is 0.0381. The molecule has 0 saturated heterocycles. The van der Waals surface area contributed by atoms with E-state index >= 15 is 0 Å². The Morgan fingerprint density at radius 3 is 2.53 bits per heavy atom. The second kappa shape index (κ2) is 4.30. The molecule has 2 heteroatoms. The van der Waals surface area contributed by atoms with Crippen molar-refractivity contribution in [3.05, 3.63) is 65.0 Å². The third-order valence-corrected chi connectivity index (χ3v) is 3.55. The number of fused-ring (bicyclic) bond motifs is 1. The Kier molecular flexibility index (Phi) is 2.65. The zero-order valence-corrected chi connectivity index (χ0v) is 9.76. The van der Waals surface area contributed by atoms with Crippen LogP contribution in [0.15, 0.2) is 42.7 Å². The average molecular weight is 224 g/mol. The van der Waals surface area contributed by atoms with Gasteiger partial charge in [-0.15, -0.1) is 0 Å². The van der Waals surface area contributed by atoms with E-state index in [2.05, 4.69) is 23.2 Å². The highest BCUT2D eigenvalue weighted by Gasteiger charge is 2.14. The van der Waals surface area contributed by atoms with Crippen molar-refractivity contribution in [3.8, 4) is 0 Å². The number of aryl methyl sites for hydroxylation is 2. The Hall–Kier alpha value is -1.67. The smallest absolute Gasteiger partial charge is 0.0552 e. The minimum atomic E-state index is -0.0381. The first-order valence-electron chi connectivity index (χ1n) is 6.12. The first kappa shape index (κ1) is 10.5. The van der Waals surface area contributed by atoms with Crippen LogP contribution >= 0.6 is 0 Å². The maximum absolute atomic E-state index is 6.28. The van der Waals surface area contributed by atoms with Crippen LogP contribution in [0, 0.1) is 0 Å². The highest BCUT2D eigenvalue weighted by atomic mass is 14.7. The summed E-state index contributed by atoms with van der Waals surface area (Å²) in [5.74, 6) is 0. The summed E-state index contributed by atoms with van der Waals surface area (Å²) in [5.41, 5.74) is 11.6. The highest BCUT2D eigenvalue weighted by Crippen LogP contribution is 2.26. The van der Waals surface area contributed by atoms with Crippen LogP contribution in [-0.4, -0.2) is 4.98 Å². The molecule has 17 heavy (non-hydrogen) atoms. The quantitative estimate of drug-likeness (QED) is 0.851. The van der Waals surface area contributed by atoms with Crippen molar-refractivity contribution in [2.75, 3.05) is 0 Å². The second-order valence-corrected chi connectivity index (χ2v) is 4.64.